The van der Waals surface area contributed by atoms with E-state index in [9.17, 15) is 41.9 Å². The quantitative estimate of drug-likeness (QED) is 0.117. The third-order valence-electron chi connectivity index (χ3n) is 24.8. The number of carbonyl (C=O) groups excluding carboxylic acids is 13. The second kappa shape index (κ2) is 40.8. The number of halogens is 4. The first kappa shape index (κ1) is 91.9. The first-order valence-electron chi connectivity index (χ1n) is 41.2. The van der Waals surface area contributed by atoms with Gasteiger partial charge in [-0.2, -0.15) is 13.2 Å². The molecule has 13 amide bonds. The minimum Gasteiger partial charge on any atom is -0.444 e. The van der Waals surface area contributed by atoms with Crippen molar-refractivity contribution < 1.29 is 80.2 Å². The average molecular weight is 1600 g/mol. The molecule has 0 radical (unpaired) electrons. The third kappa shape index (κ3) is 24.4. The fourth-order valence-electron chi connectivity index (χ4n) is 17.5. The zero-order valence-electron chi connectivity index (χ0n) is 69.4. The van der Waals surface area contributed by atoms with Crippen LogP contribution in [0.3, 0.4) is 0 Å². The molecule has 0 aromatic heterocycles. The Morgan fingerprint density at radius 2 is 1.16 bits per heavy atom. The molecule has 7 rings (SSSR count). The summed E-state index contributed by atoms with van der Waals surface area (Å²) in [4.78, 5) is 209. The molecule has 0 aromatic rings. The van der Waals surface area contributed by atoms with Crippen LogP contribution in [-0.2, 0) is 62.3 Å². The Morgan fingerprint density at radius 3 is 1.74 bits per heavy atom. The molecule has 3 unspecified atom stereocenters. The first-order chi connectivity index (χ1) is 52.6. The van der Waals surface area contributed by atoms with E-state index in [1.807, 2.05) is 20.8 Å². The molecule has 3 N–H and O–H groups in total. The van der Waals surface area contributed by atoms with Gasteiger partial charge in [0.1, 0.15) is 53.4 Å². The minimum absolute atomic E-state index is 0.00421. The number of likely N-dealkylation sites (tertiary alicyclic amines) is 2. The van der Waals surface area contributed by atoms with Crippen molar-refractivity contribution in [3.8, 4) is 0 Å². The largest absolute Gasteiger partial charge is 0.444 e. The van der Waals surface area contributed by atoms with Crippen molar-refractivity contribution in [1.82, 2.24) is 64.9 Å². The van der Waals surface area contributed by atoms with Crippen LogP contribution in [-0.4, -0.2) is 293 Å². The summed E-state index contributed by atoms with van der Waals surface area (Å²) in [6.45, 7) is 11.8. The molecular weight excluding hydrogens is 1470 g/mol. The summed E-state index contributed by atoms with van der Waals surface area (Å²) in [5, 5.41) is 7.59. The van der Waals surface area contributed by atoms with E-state index in [2.05, 4.69) is 16.0 Å². The van der Waals surface area contributed by atoms with Gasteiger partial charge in [0.2, 0.25) is 70.9 Å². The highest BCUT2D eigenvalue weighted by molar-refractivity contribution is 6.21. The van der Waals surface area contributed by atoms with Gasteiger partial charge in [0.25, 0.3) is 0 Å². The Hall–Kier alpha value is -7.27. The summed E-state index contributed by atoms with van der Waals surface area (Å²) in [5.74, 6) is -11.4. The maximum atomic E-state index is 16.1. The van der Waals surface area contributed by atoms with Gasteiger partial charge in [-0.05, 0) is 152 Å². The number of carbonyl (C=O) groups is 13. The molecule has 27 nitrogen and oxygen atoms in total. The van der Waals surface area contributed by atoms with Gasteiger partial charge >= 0.3 is 12.3 Å². The molecular formula is C81H131ClF3N13O14. The molecule has 4 saturated carbocycles. The molecule has 0 bridgehead atoms. The molecule has 3 aliphatic heterocycles. The zero-order valence-corrected chi connectivity index (χ0v) is 70.2. The van der Waals surface area contributed by atoms with E-state index in [1.165, 1.54) is 80.9 Å². The highest BCUT2D eigenvalue weighted by Gasteiger charge is 2.52. The summed E-state index contributed by atoms with van der Waals surface area (Å²) < 4.78 is 48.2. The molecule has 7 fully saturated rings. The Labute approximate surface area is 666 Å². The fourth-order valence-corrected chi connectivity index (χ4v) is 18.0. The van der Waals surface area contributed by atoms with Crippen LogP contribution in [0.2, 0.25) is 0 Å². The molecule has 3 heterocycles. The highest BCUT2D eigenvalue weighted by atomic mass is 35.5. The van der Waals surface area contributed by atoms with Crippen LogP contribution < -0.4 is 16.0 Å². The van der Waals surface area contributed by atoms with Gasteiger partial charge in [-0.3, -0.25) is 57.5 Å². The summed E-state index contributed by atoms with van der Waals surface area (Å²) in [7, 11) is 11.4. The predicted octanol–water partition coefficient (Wildman–Crippen LogP) is 7.89. The van der Waals surface area contributed by atoms with Crippen molar-refractivity contribution >= 4 is 88.6 Å². The molecule has 11 atom stereocenters. The average Bonchev–Trinajstić information content (AvgIpc) is 1.59. The SMILES string of the molecule is CC[C@H](C)[C@@H]1NC(=O)[C@H](CC(C)C)N(C)C(=O)C[C@@H](C(=O)N2CCCCC2)N(C)C(=O)[C@H](C2CCCCC2)N(C)C(=O)C2(CCCC2)NC(=O)[C@H](CC=C2CN(C(=O)OC(C)(C)C)C2)N(C)C(=O)[C@H](CCC2CCC(C(F)(F)F)C(Cl)C2)NC(=O)CN(C)C(=O)[C@H](CC2CCCCC2)N(C)C(=O)CN(C)C(=O)CN(C)C1=O. The van der Waals surface area contributed by atoms with Crippen LogP contribution in [0.15, 0.2) is 11.6 Å². The van der Waals surface area contributed by atoms with Gasteiger partial charge in [-0.25, -0.2) is 4.79 Å². The summed E-state index contributed by atoms with van der Waals surface area (Å²) in [5.41, 5.74) is -1.79. The van der Waals surface area contributed by atoms with Crippen molar-refractivity contribution in [3.05, 3.63) is 11.6 Å². The zero-order chi connectivity index (χ0) is 83.0. The van der Waals surface area contributed by atoms with Crippen molar-refractivity contribution in [1.29, 1.82) is 0 Å². The van der Waals surface area contributed by atoms with Gasteiger partial charge < -0.3 is 69.7 Å². The summed E-state index contributed by atoms with van der Waals surface area (Å²) >= 11 is 6.48. The predicted molar refractivity (Wildman–Crippen MR) is 417 cm³/mol. The molecule has 0 aromatic carbocycles. The van der Waals surface area contributed by atoms with Crippen molar-refractivity contribution in [3.63, 3.8) is 0 Å². The molecule has 7 aliphatic rings. The standard InChI is InChI=1S/C81H131ClF3N13O14/c1-16-52(4)68-75(108)91(10)49-66(101)89(8)50-67(102)93(12)62(44-53-28-20-17-21-29-53)73(106)90(9)48-64(99)86-59(36-33-54-32-35-57(58(82)43-54)81(83,84)85)72(105)94(13)60(37-34-55-46-98(47-55)78(111)112-79(5,6)7)71(104)88-80(38-24-25-39-80)77(110)96(15)69(56-30-22-18-23-31-56)76(109)95(14)63(74(107)97-40-26-19-27-41-97)45-65(100)92(11)61(42-51(2)3)70(103)87-68/h34,51-54,56-63,68-69H,16-33,35-50H2,1-15H3,(H,86,99)(H,87,103)(H,88,104)/t52-,54?,57?,58?,59-,60-,61-,62-,63-,68-,69-/m0/s1. The molecule has 112 heavy (non-hydrogen) atoms. The van der Waals surface area contributed by atoms with Crippen molar-refractivity contribution in [2.45, 2.75) is 287 Å². The highest BCUT2D eigenvalue weighted by Crippen LogP contribution is 2.44. The number of amides is 13. The van der Waals surface area contributed by atoms with Crippen LogP contribution in [0.5, 0.6) is 0 Å². The van der Waals surface area contributed by atoms with Crippen LogP contribution in [0.25, 0.3) is 0 Å². The van der Waals surface area contributed by atoms with Crippen LogP contribution >= 0.6 is 11.6 Å². The lowest BCUT2D eigenvalue weighted by molar-refractivity contribution is -0.182. The van der Waals surface area contributed by atoms with Gasteiger partial charge in [0.05, 0.1) is 32.0 Å². The normalized spacial score (nSPS) is 28.4. The maximum Gasteiger partial charge on any atom is 0.410 e. The van der Waals surface area contributed by atoms with Crippen LogP contribution in [0.4, 0.5) is 18.0 Å². The minimum atomic E-state index is -4.55. The van der Waals surface area contributed by atoms with Crippen molar-refractivity contribution in [2.75, 3.05) is 102 Å². The molecule has 1 spiro atoms. The van der Waals surface area contributed by atoms with Gasteiger partial charge in [-0.15, -0.1) is 11.6 Å². The summed E-state index contributed by atoms with van der Waals surface area (Å²) in [6.07, 6.45) is 7.18. The molecule has 4 aliphatic carbocycles. The summed E-state index contributed by atoms with van der Waals surface area (Å²) in [6, 6.07) is -9.19. The monoisotopic (exact) mass is 1600 g/mol. The number of rotatable bonds is 13. The Kier molecular flexibility index (Phi) is 33.5. The molecule has 632 valence electrons. The van der Waals surface area contributed by atoms with E-state index in [0.29, 0.717) is 76.5 Å². The van der Waals surface area contributed by atoms with E-state index < -0.39 is 192 Å². The smallest absolute Gasteiger partial charge is 0.410 e. The maximum absolute atomic E-state index is 16.1. The number of likely N-dealkylation sites (N-methyl/N-ethyl adjacent to an activating group) is 8. The second-order valence-electron chi connectivity index (χ2n) is 35.0. The number of nitrogens with one attached hydrogen (secondary N) is 3. The van der Waals surface area contributed by atoms with Gasteiger partial charge in [0.15, 0.2) is 0 Å². The van der Waals surface area contributed by atoms with Crippen LogP contribution in [0, 0.1) is 35.5 Å². The van der Waals surface area contributed by atoms with E-state index in [4.69, 9.17) is 16.3 Å². The first-order valence-corrected chi connectivity index (χ1v) is 41.6. The fraction of sp³-hybridized carbons (Fsp3) is 0.815. The number of ether oxygens (including phenoxy) is 1. The van der Waals surface area contributed by atoms with Gasteiger partial charge in [0, 0.05) is 87.9 Å². The lowest BCUT2D eigenvalue weighted by Crippen LogP contribution is -2.65. The third-order valence-corrected chi connectivity index (χ3v) is 25.3. The van der Waals surface area contributed by atoms with E-state index in [-0.39, 0.29) is 89.1 Å². The molecule has 3 saturated heterocycles. The van der Waals surface area contributed by atoms with Crippen molar-refractivity contribution in [2.24, 2.45) is 35.5 Å². The number of piperidine rings is 1. The number of hydrogen-bond acceptors (Lipinski definition) is 14. The Balaban J connectivity index is 1.34. The lowest BCUT2D eigenvalue weighted by atomic mass is 9.78. The van der Waals surface area contributed by atoms with Crippen LogP contribution in [0.1, 0.15) is 222 Å². The topological polar surface area (TPSA) is 300 Å². The Bertz CT molecular complexity index is 3340. The molecule has 31 heteroatoms. The second-order valence-corrected chi connectivity index (χ2v) is 35.5. The lowest BCUT2D eigenvalue weighted by Gasteiger charge is -2.43. The van der Waals surface area contributed by atoms with E-state index >= 15 is 33.6 Å². The van der Waals surface area contributed by atoms with E-state index in [0.717, 1.165) is 64.5 Å². The number of nitrogens with zero attached hydrogens (tertiary/aromatic N) is 10. The van der Waals surface area contributed by atoms with E-state index in [1.54, 1.807) is 38.7 Å². The number of hydrogen-bond donors (Lipinski definition) is 3. The Morgan fingerprint density at radius 1 is 0.580 bits per heavy atom. The van der Waals surface area contributed by atoms with Gasteiger partial charge in [-0.1, -0.05) is 104 Å². The number of alkyl halides is 4.